The van der Waals surface area contributed by atoms with Crippen molar-refractivity contribution in [2.75, 3.05) is 26.2 Å². The summed E-state index contributed by atoms with van der Waals surface area (Å²) in [7, 11) is 0. The Morgan fingerprint density at radius 1 is 0.879 bits per heavy atom. The Labute approximate surface area is 205 Å². The molecule has 176 valence electrons. The second-order valence-electron chi connectivity index (χ2n) is 8.95. The third kappa shape index (κ3) is 6.64. The lowest BCUT2D eigenvalue weighted by Crippen LogP contribution is -2.50. The quantitative estimate of drug-likeness (QED) is 0.558. The first-order chi connectivity index (χ1) is 16.0. The zero-order valence-electron chi connectivity index (χ0n) is 18.7. The zero-order valence-corrected chi connectivity index (χ0v) is 20.2. The lowest BCUT2D eigenvalue weighted by molar-refractivity contribution is -0.139. The molecule has 7 heteroatoms. The van der Waals surface area contributed by atoms with Gasteiger partial charge in [-0.2, -0.15) is 0 Å². The second kappa shape index (κ2) is 11.3. The van der Waals surface area contributed by atoms with Crippen LogP contribution in [0.2, 0.25) is 10.0 Å². The number of hydrogen-bond donors (Lipinski definition) is 0. The van der Waals surface area contributed by atoms with Crippen LogP contribution in [0.5, 0.6) is 5.75 Å². The SMILES string of the molecule is O=C(C[C@H]1CN(C(=O)Cc2cccc(Cl)c2)CC[C@@H]1Oc1ccc(Cl)cc1)N1CCCCC1. The van der Waals surface area contributed by atoms with Gasteiger partial charge in [-0.1, -0.05) is 35.3 Å². The number of carbonyl (C=O) groups is 2. The Bertz CT molecular complexity index is 960. The first kappa shape index (κ1) is 23.9. The van der Waals surface area contributed by atoms with Crippen molar-refractivity contribution in [1.82, 2.24) is 9.80 Å². The lowest BCUT2D eigenvalue weighted by atomic mass is 9.90. The monoisotopic (exact) mass is 488 g/mol. The highest BCUT2D eigenvalue weighted by atomic mass is 35.5. The van der Waals surface area contributed by atoms with Crippen LogP contribution in [-0.4, -0.2) is 53.9 Å². The predicted octanol–water partition coefficient (Wildman–Crippen LogP) is 5.23. The van der Waals surface area contributed by atoms with Gasteiger partial charge in [-0.15, -0.1) is 0 Å². The van der Waals surface area contributed by atoms with E-state index < -0.39 is 0 Å². The van der Waals surface area contributed by atoms with E-state index in [0.29, 0.717) is 42.4 Å². The van der Waals surface area contributed by atoms with E-state index in [9.17, 15) is 9.59 Å². The van der Waals surface area contributed by atoms with Crippen molar-refractivity contribution in [3.05, 3.63) is 64.1 Å². The number of hydrogen-bond acceptors (Lipinski definition) is 3. The molecule has 0 aliphatic carbocycles. The maximum Gasteiger partial charge on any atom is 0.227 e. The summed E-state index contributed by atoms with van der Waals surface area (Å²) in [5, 5.41) is 1.28. The molecule has 2 aliphatic rings. The highest BCUT2D eigenvalue weighted by Gasteiger charge is 2.35. The fraction of sp³-hybridized carbons (Fsp3) is 0.462. The maximum absolute atomic E-state index is 13.0. The van der Waals surface area contributed by atoms with Gasteiger partial charge in [0.05, 0.1) is 6.42 Å². The number of carbonyl (C=O) groups excluding carboxylic acids is 2. The normalized spacial score (nSPS) is 21.0. The maximum atomic E-state index is 13.0. The Morgan fingerprint density at radius 3 is 2.36 bits per heavy atom. The summed E-state index contributed by atoms with van der Waals surface area (Å²) in [6.45, 7) is 2.76. The van der Waals surface area contributed by atoms with Gasteiger partial charge in [0, 0.05) is 55.0 Å². The first-order valence-electron chi connectivity index (χ1n) is 11.7. The van der Waals surface area contributed by atoms with Crippen LogP contribution in [0.3, 0.4) is 0 Å². The van der Waals surface area contributed by atoms with Crippen molar-refractivity contribution in [2.24, 2.45) is 5.92 Å². The highest BCUT2D eigenvalue weighted by molar-refractivity contribution is 6.30. The van der Waals surface area contributed by atoms with Crippen LogP contribution in [-0.2, 0) is 16.0 Å². The Kier molecular flexibility index (Phi) is 8.15. The van der Waals surface area contributed by atoms with Crippen LogP contribution in [0.1, 0.15) is 37.7 Å². The molecule has 2 fully saturated rings. The van der Waals surface area contributed by atoms with Gasteiger partial charge >= 0.3 is 0 Å². The summed E-state index contributed by atoms with van der Waals surface area (Å²) in [6.07, 6.45) is 4.55. The molecule has 0 aromatic heterocycles. The molecule has 0 spiro atoms. The molecule has 0 unspecified atom stereocenters. The third-order valence-electron chi connectivity index (χ3n) is 6.51. The zero-order chi connectivity index (χ0) is 23.2. The van der Waals surface area contributed by atoms with Gasteiger partial charge in [0.2, 0.25) is 11.8 Å². The fourth-order valence-corrected chi connectivity index (χ4v) is 5.05. The van der Waals surface area contributed by atoms with Crippen LogP contribution < -0.4 is 4.74 Å². The van der Waals surface area contributed by atoms with Gasteiger partial charge in [-0.25, -0.2) is 0 Å². The van der Waals surface area contributed by atoms with Gasteiger partial charge in [0.15, 0.2) is 0 Å². The van der Waals surface area contributed by atoms with Crippen molar-refractivity contribution in [2.45, 2.75) is 44.6 Å². The predicted molar refractivity (Wildman–Crippen MR) is 131 cm³/mol. The molecular weight excluding hydrogens is 459 g/mol. The minimum atomic E-state index is -0.130. The molecule has 33 heavy (non-hydrogen) atoms. The van der Waals surface area contributed by atoms with E-state index in [1.165, 1.54) is 6.42 Å². The number of amides is 2. The van der Waals surface area contributed by atoms with E-state index in [4.69, 9.17) is 27.9 Å². The number of ether oxygens (including phenoxy) is 1. The molecule has 2 heterocycles. The van der Waals surface area contributed by atoms with Crippen molar-refractivity contribution < 1.29 is 14.3 Å². The number of halogens is 2. The van der Waals surface area contributed by atoms with Crippen molar-refractivity contribution in [3.63, 3.8) is 0 Å². The molecule has 2 atom stereocenters. The van der Waals surface area contributed by atoms with Gasteiger partial charge in [0.25, 0.3) is 0 Å². The number of nitrogens with zero attached hydrogens (tertiary/aromatic N) is 2. The second-order valence-corrected chi connectivity index (χ2v) is 9.82. The average Bonchev–Trinajstić information content (AvgIpc) is 2.82. The Hall–Kier alpha value is -2.24. The van der Waals surface area contributed by atoms with E-state index in [0.717, 1.165) is 37.2 Å². The minimum absolute atomic E-state index is 0.0534. The number of benzene rings is 2. The number of rotatable bonds is 6. The smallest absolute Gasteiger partial charge is 0.227 e. The van der Waals surface area contributed by atoms with E-state index in [1.807, 2.05) is 40.1 Å². The van der Waals surface area contributed by atoms with Crippen molar-refractivity contribution in [1.29, 1.82) is 0 Å². The molecule has 0 N–H and O–H groups in total. The summed E-state index contributed by atoms with van der Waals surface area (Å²) in [5.41, 5.74) is 0.896. The van der Waals surface area contributed by atoms with Crippen LogP contribution >= 0.6 is 23.2 Å². The summed E-state index contributed by atoms with van der Waals surface area (Å²) >= 11 is 12.1. The van der Waals surface area contributed by atoms with Crippen LogP contribution in [0.15, 0.2) is 48.5 Å². The minimum Gasteiger partial charge on any atom is -0.490 e. The van der Waals surface area contributed by atoms with Gasteiger partial charge in [-0.3, -0.25) is 9.59 Å². The van der Waals surface area contributed by atoms with E-state index in [1.54, 1.807) is 18.2 Å². The molecule has 2 amide bonds. The molecule has 2 aromatic rings. The molecule has 2 aliphatic heterocycles. The highest BCUT2D eigenvalue weighted by Crippen LogP contribution is 2.28. The molecule has 5 nitrogen and oxygen atoms in total. The average molecular weight is 489 g/mol. The van der Waals surface area contributed by atoms with Crippen molar-refractivity contribution in [3.8, 4) is 5.75 Å². The summed E-state index contributed by atoms with van der Waals surface area (Å²) < 4.78 is 6.29. The third-order valence-corrected chi connectivity index (χ3v) is 7.00. The summed E-state index contributed by atoms with van der Waals surface area (Å²) in [6, 6.07) is 14.7. The molecule has 2 aromatic carbocycles. The van der Waals surface area contributed by atoms with Gasteiger partial charge < -0.3 is 14.5 Å². The lowest BCUT2D eigenvalue weighted by Gasteiger charge is -2.39. The van der Waals surface area contributed by atoms with Crippen LogP contribution in [0, 0.1) is 5.92 Å². The summed E-state index contributed by atoms with van der Waals surface area (Å²) in [4.78, 5) is 29.9. The molecular formula is C26H30Cl2N2O3. The molecule has 0 saturated carbocycles. The van der Waals surface area contributed by atoms with E-state index in [-0.39, 0.29) is 23.8 Å². The van der Waals surface area contributed by atoms with Crippen LogP contribution in [0.25, 0.3) is 0 Å². The van der Waals surface area contributed by atoms with E-state index >= 15 is 0 Å². The van der Waals surface area contributed by atoms with E-state index in [2.05, 4.69) is 0 Å². The van der Waals surface area contributed by atoms with Gasteiger partial charge in [-0.05, 0) is 61.2 Å². The molecule has 0 radical (unpaired) electrons. The molecule has 0 bridgehead atoms. The largest absolute Gasteiger partial charge is 0.490 e. The summed E-state index contributed by atoms with van der Waals surface area (Å²) in [5.74, 6) is 0.886. The molecule has 2 saturated heterocycles. The topological polar surface area (TPSA) is 49.9 Å². The van der Waals surface area contributed by atoms with Crippen molar-refractivity contribution >= 4 is 35.0 Å². The number of piperidine rings is 2. The molecule has 4 rings (SSSR count). The Morgan fingerprint density at radius 2 is 1.64 bits per heavy atom. The number of likely N-dealkylation sites (tertiary alicyclic amines) is 2. The Balaban J connectivity index is 1.44. The first-order valence-corrected chi connectivity index (χ1v) is 12.5. The fourth-order valence-electron chi connectivity index (χ4n) is 4.71. The standard InChI is InChI=1S/C26H30Cl2N2O3/c27-21-7-9-23(10-8-21)33-24-11-14-30(25(31)16-19-5-4-6-22(28)15-19)18-20(24)17-26(32)29-12-2-1-3-13-29/h4-10,15,20,24H,1-3,11-14,16-18H2/t20-,24-/m0/s1. The van der Waals surface area contributed by atoms with Gasteiger partial charge in [0.1, 0.15) is 11.9 Å². The van der Waals surface area contributed by atoms with Crippen LogP contribution in [0.4, 0.5) is 0 Å².